The van der Waals surface area contributed by atoms with Crippen LogP contribution in [0.3, 0.4) is 0 Å². The van der Waals surface area contributed by atoms with Crippen LogP contribution in [0.2, 0.25) is 0 Å². The Morgan fingerprint density at radius 3 is 2.30 bits per heavy atom. The van der Waals surface area contributed by atoms with E-state index in [9.17, 15) is 8.78 Å². The van der Waals surface area contributed by atoms with Crippen LogP contribution in [0.5, 0.6) is 0 Å². The van der Waals surface area contributed by atoms with Gasteiger partial charge in [-0.25, -0.2) is 8.78 Å². The first-order valence-electron chi connectivity index (χ1n) is 3.61. The van der Waals surface area contributed by atoms with Gasteiger partial charge in [-0.15, -0.1) is 0 Å². The van der Waals surface area contributed by atoms with Crippen molar-refractivity contribution in [2.75, 3.05) is 0 Å². The summed E-state index contributed by atoms with van der Waals surface area (Å²) < 4.78 is 24.9. The molecule has 3 heteroatoms. The van der Waals surface area contributed by atoms with E-state index in [0.29, 0.717) is 6.42 Å². The standard InChI is InChI=1S/C7H15F2N/c1-3-7(8,9)5-4-6(2)10/h6H,3-5,10H2,1-2H3. The van der Waals surface area contributed by atoms with Crippen molar-refractivity contribution < 1.29 is 8.78 Å². The van der Waals surface area contributed by atoms with Gasteiger partial charge in [0.15, 0.2) is 0 Å². The van der Waals surface area contributed by atoms with Crippen LogP contribution in [0, 0.1) is 0 Å². The SMILES string of the molecule is CCC(F)(F)CCC(C)N. The molecule has 10 heavy (non-hydrogen) atoms. The van der Waals surface area contributed by atoms with Crippen LogP contribution >= 0.6 is 0 Å². The molecule has 1 unspecified atom stereocenters. The minimum Gasteiger partial charge on any atom is -0.328 e. The Hall–Kier alpha value is -0.180. The van der Waals surface area contributed by atoms with Gasteiger partial charge in [-0.05, 0) is 13.3 Å². The number of hydrogen-bond acceptors (Lipinski definition) is 1. The van der Waals surface area contributed by atoms with Crippen molar-refractivity contribution in [2.45, 2.75) is 45.1 Å². The molecular weight excluding hydrogens is 136 g/mol. The Morgan fingerprint density at radius 2 is 2.00 bits per heavy atom. The van der Waals surface area contributed by atoms with Gasteiger partial charge in [0.25, 0.3) is 0 Å². The maximum absolute atomic E-state index is 12.5. The molecule has 1 nitrogen and oxygen atoms in total. The lowest BCUT2D eigenvalue weighted by molar-refractivity contribution is -0.0143. The molecule has 0 aromatic carbocycles. The lowest BCUT2D eigenvalue weighted by atomic mass is 10.1. The average Bonchev–Trinajstić information content (AvgIpc) is 1.85. The quantitative estimate of drug-likeness (QED) is 0.654. The van der Waals surface area contributed by atoms with E-state index in [4.69, 9.17) is 5.73 Å². The zero-order valence-corrected chi connectivity index (χ0v) is 6.53. The van der Waals surface area contributed by atoms with E-state index in [2.05, 4.69) is 0 Å². The van der Waals surface area contributed by atoms with Gasteiger partial charge in [-0.1, -0.05) is 6.92 Å². The monoisotopic (exact) mass is 151 g/mol. The number of alkyl halides is 2. The molecule has 0 saturated carbocycles. The van der Waals surface area contributed by atoms with E-state index in [1.165, 1.54) is 6.92 Å². The summed E-state index contributed by atoms with van der Waals surface area (Å²) in [6.07, 6.45) is 0.238. The van der Waals surface area contributed by atoms with E-state index >= 15 is 0 Å². The molecular formula is C7H15F2N. The molecule has 0 rings (SSSR count). The normalized spacial score (nSPS) is 15.3. The fraction of sp³-hybridized carbons (Fsp3) is 1.00. The van der Waals surface area contributed by atoms with Crippen molar-refractivity contribution in [2.24, 2.45) is 5.73 Å². The maximum atomic E-state index is 12.5. The highest BCUT2D eigenvalue weighted by atomic mass is 19.3. The van der Waals surface area contributed by atoms with Crippen molar-refractivity contribution in [1.29, 1.82) is 0 Å². The van der Waals surface area contributed by atoms with Crippen molar-refractivity contribution in [3.63, 3.8) is 0 Å². The van der Waals surface area contributed by atoms with Crippen molar-refractivity contribution in [1.82, 2.24) is 0 Å². The van der Waals surface area contributed by atoms with Gasteiger partial charge in [0.05, 0.1) is 0 Å². The molecule has 0 aliphatic carbocycles. The fourth-order valence-corrected chi connectivity index (χ4v) is 0.616. The Labute approximate surface area is 60.6 Å². The predicted molar refractivity (Wildman–Crippen MR) is 38.1 cm³/mol. The zero-order valence-electron chi connectivity index (χ0n) is 6.53. The molecule has 0 heterocycles. The van der Waals surface area contributed by atoms with Crippen LogP contribution in [0.4, 0.5) is 8.78 Å². The molecule has 62 valence electrons. The summed E-state index contributed by atoms with van der Waals surface area (Å²) in [5, 5.41) is 0. The Balaban J connectivity index is 3.46. The first-order chi connectivity index (χ1) is 4.48. The van der Waals surface area contributed by atoms with Crippen molar-refractivity contribution in [3.8, 4) is 0 Å². The van der Waals surface area contributed by atoms with Gasteiger partial charge in [0.1, 0.15) is 0 Å². The molecule has 0 amide bonds. The largest absolute Gasteiger partial charge is 0.328 e. The molecule has 0 bridgehead atoms. The molecule has 2 N–H and O–H groups in total. The lowest BCUT2D eigenvalue weighted by Crippen LogP contribution is -2.21. The van der Waals surface area contributed by atoms with E-state index < -0.39 is 5.92 Å². The predicted octanol–water partition coefficient (Wildman–Crippen LogP) is 2.16. The van der Waals surface area contributed by atoms with Crippen LogP contribution < -0.4 is 5.73 Å². The van der Waals surface area contributed by atoms with Crippen molar-refractivity contribution in [3.05, 3.63) is 0 Å². The fourth-order valence-electron chi connectivity index (χ4n) is 0.616. The highest BCUT2D eigenvalue weighted by Gasteiger charge is 2.25. The van der Waals surface area contributed by atoms with E-state index in [1.807, 2.05) is 0 Å². The van der Waals surface area contributed by atoms with Crippen LogP contribution in [-0.2, 0) is 0 Å². The number of rotatable bonds is 4. The minimum atomic E-state index is -2.51. The van der Waals surface area contributed by atoms with Crippen LogP contribution in [0.25, 0.3) is 0 Å². The smallest absolute Gasteiger partial charge is 0.248 e. The van der Waals surface area contributed by atoms with E-state index in [-0.39, 0.29) is 18.9 Å². The average molecular weight is 151 g/mol. The van der Waals surface area contributed by atoms with Crippen LogP contribution in [-0.4, -0.2) is 12.0 Å². The first-order valence-corrected chi connectivity index (χ1v) is 3.61. The third-order valence-electron chi connectivity index (χ3n) is 1.48. The molecule has 1 atom stereocenters. The first kappa shape index (κ1) is 9.82. The second-order valence-electron chi connectivity index (χ2n) is 2.73. The Bertz CT molecular complexity index is 91.6. The topological polar surface area (TPSA) is 26.0 Å². The summed E-state index contributed by atoms with van der Waals surface area (Å²) in [4.78, 5) is 0. The molecule has 0 radical (unpaired) electrons. The maximum Gasteiger partial charge on any atom is 0.248 e. The van der Waals surface area contributed by atoms with Crippen LogP contribution in [0.1, 0.15) is 33.1 Å². The number of nitrogens with two attached hydrogens (primary N) is 1. The minimum absolute atomic E-state index is 0.0822. The molecule has 0 aromatic rings. The zero-order chi connectivity index (χ0) is 8.20. The third-order valence-corrected chi connectivity index (χ3v) is 1.48. The molecule has 0 saturated heterocycles. The Kier molecular flexibility index (Phi) is 3.79. The summed E-state index contributed by atoms with van der Waals surface area (Å²) in [5.41, 5.74) is 5.32. The second-order valence-corrected chi connectivity index (χ2v) is 2.73. The summed E-state index contributed by atoms with van der Waals surface area (Å²) >= 11 is 0. The summed E-state index contributed by atoms with van der Waals surface area (Å²) in [7, 11) is 0. The van der Waals surface area contributed by atoms with Gasteiger partial charge < -0.3 is 5.73 Å². The van der Waals surface area contributed by atoms with Gasteiger partial charge in [0.2, 0.25) is 5.92 Å². The van der Waals surface area contributed by atoms with Gasteiger partial charge in [0, 0.05) is 18.9 Å². The highest BCUT2D eigenvalue weighted by molar-refractivity contribution is 4.66. The summed E-state index contributed by atoms with van der Waals surface area (Å²) in [5.74, 6) is -2.51. The molecule has 0 aromatic heterocycles. The van der Waals surface area contributed by atoms with Gasteiger partial charge in [-0.2, -0.15) is 0 Å². The Morgan fingerprint density at radius 1 is 1.50 bits per heavy atom. The van der Waals surface area contributed by atoms with Crippen molar-refractivity contribution >= 4 is 0 Å². The summed E-state index contributed by atoms with van der Waals surface area (Å²) in [6, 6.07) is -0.113. The van der Waals surface area contributed by atoms with Crippen LogP contribution in [0.15, 0.2) is 0 Å². The molecule has 0 aliphatic rings. The van der Waals surface area contributed by atoms with Gasteiger partial charge in [-0.3, -0.25) is 0 Å². The molecule has 0 fully saturated rings. The lowest BCUT2D eigenvalue weighted by Gasteiger charge is -2.14. The highest BCUT2D eigenvalue weighted by Crippen LogP contribution is 2.24. The number of halogens is 2. The number of hydrogen-bond donors (Lipinski definition) is 1. The molecule has 0 aliphatic heterocycles. The molecule has 0 spiro atoms. The second kappa shape index (κ2) is 3.86. The van der Waals surface area contributed by atoms with E-state index in [0.717, 1.165) is 0 Å². The van der Waals surface area contributed by atoms with E-state index in [1.54, 1.807) is 6.92 Å². The summed E-state index contributed by atoms with van der Waals surface area (Å²) in [6.45, 7) is 3.23. The third kappa shape index (κ3) is 4.68. The van der Waals surface area contributed by atoms with Gasteiger partial charge >= 0.3 is 0 Å².